The van der Waals surface area contributed by atoms with Crippen LogP contribution in [0.15, 0.2) is 0 Å². The summed E-state index contributed by atoms with van der Waals surface area (Å²) in [6.07, 6.45) is 0.934. The van der Waals surface area contributed by atoms with Crippen molar-refractivity contribution in [3.8, 4) is 0 Å². The Morgan fingerprint density at radius 3 is 2.87 bits per heavy atom. The number of hydrogen-bond donors (Lipinski definition) is 1. The minimum absolute atomic E-state index is 0.00130. The zero-order chi connectivity index (χ0) is 11.0. The Morgan fingerprint density at radius 1 is 1.47 bits per heavy atom. The summed E-state index contributed by atoms with van der Waals surface area (Å²) in [7, 11) is 3.36. The standard InChI is InChI=1S/C10H17N3O2/c1-12(2)10(15)13-6-7-3-8(9(13)14)5-11-4-7/h7-8,11H,3-6H2,1-2H3. The maximum Gasteiger partial charge on any atom is 0.326 e. The minimum atomic E-state index is -0.184. The van der Waals surface area contributed by atoms with Crippen molar-refractivity contribution in [2.24, 2.45) is 11.8 Å². The van der Waals surface area contributed by atoms with Crippen molar-refractivity contribution >= 4 is 11.9 Å². The quantitative estimate of drug-likeness (QED) is 0.600. The molecule has 84 valence electrons. The zero-order valence-corrected chi connectivity index (χ0v) is 9.19. The SMILES string of the molecule is CN(C)C(=O)N1CC2CNCC(C2)C1=O. The molecule has 0 radical (unpaired) electrons. The predicted octanol–water partition coefficient (Wildman–Crippen LogP) is -0.264. The predicted molar refractivity (Wildman–Crippen MR) is 55.3 cm³/mol. The van der Waals surface area contributed by atoms with Gasteiger partial charge in [-0.1, -0.05) is 0 Å². The molecule has 5 heteroatoms. The van der Waals surface area contributed by atoms with E-state index in [-0.39, 0.29) is 17.9 Å². The van der Waals surface area contributed by atoms with Gasteiger partial charge in [-0.2, -0.15) is 0 Å². The number of nitrogens with zero attached hydrogens (tertiary/aromatic N) is 2. The summed E-state index contributed by atoms with van der Waals surface area (Å²) in [5.41, 5.74) is 0. The van der Waals surface area contributed by atoms with Crippen molar-refractivity contribution in [2.45, 2.75) is 6.42 Å². The first-order valence-corrected chi connectivity index (χ1v) is 5.33. The van der Waals surface area contributed by atoms with Crippen LogP contribution in [0.4, 0.5) is 4.79 Å². The van der Waals surface area contributed by atoms with Crippen molar-refractivity contribution in [1.82, 2.24) is 15.1 Å². The van der Waals surface area contributed by atoms with Gasteiger partial charge in [0.2, 0.25) is 5.91 Å². The fourth-order valence-electron chi connectivity index (χ4n) is 2.34. The van der Waals surface area contributed by atoms with Crippen molar-refractivity contribution in [3.63, 3.8) is 0 Å². The summed E-state index contributed by atoms with van der Waals surface area (Å²) in [4.78, 5) is 26.5. The van der Waals surface area contributed by atoms with E-state index in [1.54, 1.807) is 14.1 Å². The number of amides is 3. The molecular weight excluding hydrogens is 194 g/mol. The molecule has 0 aromatic carbocycles. The summed E-state index contributed by atoms with van der Waals surface area (Å²) in [6, 6.07) is -0.184. The third-order valence-electron chi connectivity index (χ3n) is 3.11. The van der Waals surface area contributed by atoms with E-state index in [1.165, 1.54) is 9.80 Å². The summed E-state index contributed by atoms with van der Waals surface area (Å²) >= 11 is 0. The lowest BCUT2D eigenvalue weighted by Crippen LogP contribution is -2.57. The van der Waals surface area contributed by atoms with E-state index in [2.05, 4.69) is 5.32 Å². The second kappa shape index (κ2) is 3.81. The number of hydrogen-bond acceptors (Lipinski definition) is 3. The third kappa shape index (κ3) is 1.84. The molecule has 0 spiro atoms. The maximum absolute atomic E-state index is 11.9. The molecule has 5 nitrogen and oxygen atoms in total. The molecule has 2 rings (SSSR count). The summed E-state index contributed by atoms with van der Waals surface area (Å²) in [5, 5.41) is 3.23. The Bertz CT molecular complexity index is 290. The Labute approximate surface area is 89.4 Å². The molecule has 2 unspecified atom stereocenters. The van der Waals surface area contributed by atoms with Gasteiger partial charge in [0.25, 0.3) is 0 Å². The fraction of sp³-hybridized carbons (Fsp3) is 0.800. The lowest BCUT2D eigenvalue weighted by molar-refractivity contribution is -0.138. The van der Waals surface area contributed by atoms with Gasteiger partial charge in [-0.15, -0.1) is 0 Å². The lowest BCUT2D eigenvalue weighted by atomic mass is 9.85. The third-order valence-corrected chi connectivity index (χ3v) is 3.11. The molecule has 0 aromatic rings. The molecule has 2 saturated heterocycles. The Kier molecular flexibility index (Phi) is 2.65. The monoisotopic (exact) mass is 211 g/mol. The van der Waals surface area contributed by atoms with Gasteiger partial charge in [0.15, 0.2) is 0 Å². The smallest absolute Gasteiger partial charge is 0.326 e. The number of fused-ring (bicyclic) bond motifs is 2. The number of imide groups is 1. The first-order chi connectivity index (χ1) is 7.09. The second-order valence-electron chi connectivity index (χ2n) is 4.58. The van der Waals surface area contributed by atoms with Gasteiger partial charge >= 0.3 is 6.03 Å². The summed E-state index contributed by atoms with van der Waals surface area (Å²) in [5.74, 6) is 0.420. The van der Waals surface area contributed by atoms with Crippen molar-refractivity contribution in [3.05, 3.63) is 0 Å². The van der Waals surface area contributed by atoms with E-state index in [9.17, 15) is 9.59 Å². The van der Waals surface area contributed by atoms with Crippen LogP contribution in [0.2, 0.25) is 0 Å². The van der Waals surface area contributed by atoms with E-state index < -0.39 is 0 Å². The number of carbonyl (C=O) groups excluding carboxylic acids is 2. The molecule has 2 atom stereocenters. The number of carbonyl (C=O) groups is 2. The van der Waals surface area contributed by atoms with Crippen LogP contribution in [0.25, 0.3) is 0 Å². The van der Waals surface area contributed by atoms with Crippen LogP contribution >= 0.6 is 0 Å². The average Bonchev–Trinajstić information content (AvgIpc) is 2.23. The van der Waals surface area contributed by atoms with E-state index >= 15 is 0 Å². The first kappa shape index (κ1) is 10.4. The van der Waals surface area contributed by atoms with Crippen LogP contribution in [0.1, 0.15) is 6.42 Å². The highest BCUT2D eigenvalue weighted by Gasteiger charge is 2.39. The van der Waals surface area contributed by atoms with Crippen LogP contribution in [0, 0.1) is 11.8 Å². The van der Waals surface area contributed by atoms with E-state index in [1.807, 2.05) is 0 Å². The summed E-state index contributed by atoms with van der Waals surface area (Å²) in [6.45, 7) is 2.20. The molecule has 2 bridgehead atoms. The largest absolute Gasteiger partial charge is 0.330 e. The lowest BCUT2D eigenvalue weighted by Gasteiger charge is -2.40. The molecule has 15 heavy (non-hydrogen) atoms. The highest BCUT2D eigenvalue weighted by atomic mass is 16.2. The summed E-state index contributed by atoms with van der Waals surface area (Å²) < 4.78 is 0. The molecule has 0 aromatic heterocycles. The Hall–Kier alpha value is -1.10. The van der Waals surface area contributed by atoms with Crippen molar-refractivity contribution < 1.29 is 9.59 Å². The highest BCUT2D eigenvalue weighted by molar-refractivity contribution is 5.96. The van der Waals surface area contributed by atoms with Gasteiger partial charge < -0.3 is 10.2 Å². The first-order valence-electron chi connectivity index (χ1n) is 5.33. The molecule has 1 N–H and O–H groups in total. The van der Waals surface area contributed by atoms with Crippen LogP contribution < -0.4 is 5.32 Å². The van der Waals surface area contributed by atoms with Gasteiger partial charge in [-0.25, -0.2) is 4.79 Å². The van der Waals surface area contributed by atoms with Gasteiger partial charge in [-0.05, 0) is 18.9 Å². The minimum Gasteiger partial charge on any atom is -0.330 e. The van der Waals surface area contributed by atoms with Crippen molar-refractivity contribution in [2.75, 3.05) is 33.7 Å². The number of urea groups is 1. The number of rotatable bonds is 0. The normalized spacial score (nSPS) is 30.3. The topological polar surface area (TPSA) is 52.7 Å². The maximum atomic E-state index is 11.9. The number of piperidine rings is 2. The van der Waals surface area contributed by atoms with Gasteiger partial charge in [-0.3, -0.25) is 9.69 Å². The molecule has 2 heterocycles. The van der Waals surface area contributed by atoms with Crippen molar-refractivity contribution in [1.29, 1.82) is 0 Å². The molecule has 3 amide bonds. The number of likely N-dealkylation sites (tertiary alicyclic amines) is 1. The zero-order valence-electron chi connectivity index (χ0n) is 9.19. The molecule has 2 aliphatic heterocycles. The molecule has 2 aliphatic rings. The molecule has 0 saturated carbocycles. The molecule has 0 aliphatic carbocycles. The van der Waals surface area contributed by atoms with Gasteiger partial charge in [0.05, 0.1) is 5.92 Å². The van der Waals surface area contributed by atoms with Crippen LogP contribution in [-0.2, 0) is 4.79 Å². The molecular formula is C10H17N3O2. The van der Waals surface area contributed by atoms with Crippen LogP contribution in [-0.4, -0.2) is 55.5 Å². The van der Waals surface area contributed by atoms with Crippen LogP contribution in [0.3, 0.4) is 0 Å². The average molecular weight is 211 g/mol. The van der Waals surface area contributed by atoms with E-state index in [0.29, 0.717) is 19.0 Å². The highest BCUT2D eigenvalue weighted by Crippen LogP contribution is 2.26. The van der Waals surface area contributed by atoms with E-state index in [0.717, 1.165) is 13.0 Å². The fourth-order valence-corrected chi connectivity index (χ4v) is 2.34. The Morgan fingerprint density at radius 2 is 2.20 bits per heavy atom. The van der Waals surface area contributed by atoms with Crippen LogP contribution in [0.5, 0.6) is 0 Å². The Balaban J connectivity index is 2.12. The van der Waals surface area contributed by atoms with E-state index in [4.69, 9.17) is 0 Å². The second-order valence-corrected chi connectivity index (χ2v) is 4.58. The van der Waals surface area contributed by atoms with Gasteiger partial charge in [0.1, 0.15) is 0 Å². The van der Waals surface area contributed by atoms with Gasteiger partial charge in [0, 0.05) is 27.2 Å². The molecule has 2 fully saturated rings. The number of nitrogens with one attached hydrogen (secondary N) is 1.